The number of nitrogens with one attached hydrogen (secondary N) is 1. The summed E-state index contributed by atoms with van der Waals surface area (Å²) >= 11 is 1.99. The maximum atomic E-state index is 12.4. The van der Waals surface area contributed by atoms with Crippen molar-refractivity contribution in [3.05, 3.63) is 0 Å². The Kier molecular flexibility index (Phi) is 6.10. The van der Waals surface area contributed by atoms with Crippen LogP contribution in [0.4, 0.5) is 0 Å². The standard InChI is InChI=1S/C12H22N2OS.ClH/c1-9-10(2)16-8-7-14(9)12(15)11-3-5-13-6-4-11;/h9-11,13H,3-8H2,1-2H3;1H. The minimum Gasteiger partial charge on any atom is -0.338 e. The number of rotatable bonds is 1. The molecule has 3 nitrogen and oxygen atoms in total. The molecule has 2 saturated heterocycles. The molecule has 1 N–H and O–H groups in total. The molecule has 2 fully saturated rings. The predicted molar refractivity (Wildman–Crippen MR) is 75.9 cm³/mol. The Morgan fingerprint density at radius 1 is 1.29 bits per heavy atom. The van der Waals surface area contributed by atoms with Crippen molar-refractivity contribution < 1.29 is 4.79 Å². The molecule has 2 heterocycles. The Hall–Kier alpha value is 0.0700. The maximum Gasteiger partial charge on any atom is 0.226 e. The topological polar surface area (TPSA) is 32.3 Å². The molecule has 2 aliphatic rings. The molecule has 0 aromatic rings. The lowest BCUT2D eigenvalue weighted by Gasteiger charge is -2.40. The second kappa shape index (κ2) is 6.86. The molecule has 0 radical (unpaired) electrons. The fourth-order valence-corrected chi connectivity index (χ4v) is 3.65. The second-order valence-corrected chi connectivity index (χ2v) is 6.36. The monoisotopic (exact) mass is 278 g/mol. The summed E-state index contributed by atoms with van der Waals surface area (Å²) in [7, 11) is 0. The molecule has 2 atom stereocenters. The third kappa shape index (κ3) is 3.52. The summed E-state index contributed by atoms with van der Waals surface area (Å²) in [5.74, 6) is 1.78. The van der Waals surface area contributed by atoms with Crippen LogP contribution in [0.3, 0.4) is 0 Å². The molecule has 17 heavy (non-hydrogen) atoms. The number of hydrogen-bond donors (Lipinski definition) is 1. The van der Waals surface area contributed by atoms with Gasteiger partial charge in [0.25, 0.3) is 0 Å². The molecule has 2 rings (SSSR count). The molecule has 1 amide bonds. The number of halogens is 1. The van der Waals surface area contributed by atoms with Crippen LogP contribution in [0.2, 0.25) is 0 Å². The van der Waals surface area contributed by atoms with E-state index < -0.39 is 0 Å². The first kappa shape index (κ1) is 15.1. The van der Waals surface area contributed by atoms with E-state index in [0.717, 1.165) is 38.2 Å². The second-order valence-electron chi connectivity index (χ2n) is 4.87. The van der Waals surface area contributed by atoms with Gasteiger partial charge in [-0.15, -0.1) is 12.4 Å². The predicted octanol–water partition coefficient (Wildman–Crippen LogP) is 1.76. The molecular weight excluding hydrogens is 256 g/mol. The van der Waals surface area contributed by atoms with Crippen LogP contribution >= 0.6 is 24.2 Å². The van der Waals surface area contributed by atoms with Gasteiger partial charge >= 0.3 is 0 Å². The van der Waals surface area contributed by atoms with Gasteiger partial charge in [0.15, 0.2) is 0 Å². The molecule has 5 heteroatoms. The van der Waals surface area contributed by atoms with Crippen molar-refractivity contribution in [2.45, 2.75) is 38.0 Å². The highest BCUT2D eigenvalue weighted by molar-refractivity contribution is 8.00. The van der Waals surface area contributed by atoms with E-state index in [9.17, 15) is 4.79 Å². The summed E-state index contributed by atoms with van der Waals surface area (Å²) < 4.78 is 0. The number of thioether (sulfide) groups is 1. The van der Waals surface area contributed by atoms with E-state index in [1.807, 2.05) is 11.8 Å². The summed E-state index contributed by atoms with van der Waals surface area (Å²) in [5.41, 5.74) is 0. The van der Waals surface area contributed by atoms with E-state index in [-0.39, 0.29) is 18.3 Å². The van der Waals surface area contributed by atoms with Gasteiger partial charge in [-0.3, -0.25) is 4.79 Å². The first-order valence-corrected chi connectivity index (χ1v) is 7.38. The van der Waals surface area contributed by atoms with Crippen molar-refractivity contribution in [1.29, 1.82) is 0 Å². The van der Waals surface area contributed by atoms with Crippen molar-refractivity contribution in [2.75, 3.05) is 25.4 Å². The fourth-order valence-electron chi connectivity index (χ4n) is 2.55. The average molecular weight is 279 g/mol. The maximum absolute atomic E-state index is 12.4. The third-order valence-electron chi connectivity index (χ3n) is 3.86. The summed E-state index contributed by atoms with van der Waals surface area (Å²) in [6.45, 7) is 7.37. The lowest BCUT2D eigenvalue weighted by Crippen LogP contribution is -2.51. The van der Waals surface area contributed by atoms with Gasteiger partial charge in [0, 0.05) is 29.5 Å². The van der Waals surface area contributed by atoms with Gasteiger partial charge in [0.05, 0.1) is 0 Å². The Bertz CT molecular complexity index is 259. The van der Waals surface area contributed by atoms with Gasteiger partial charge in [-0.1, -0.05) is 6.92 Å². The molecule has 0 saturated carbocycles. The normalized spacial score (nSPS) is 30.8. The molecule has 0 spiro atoms. The highest BCUT2D eigenvalue weighted by Crippen LogP contribution is 2.27. The first-order chi connectivity index (χ1) is 7.70. The fraction of sp³-hybridized carbons (Fsp3) is 0.917. The summed E-state index contributed by atoms with van der Waals surface area (Å²) in [6.07, 6.45) is 2.03. The molecular formula is C12H23ClN2OS. The molecule has 0 aromatic heterocycles. The van der Waals surface area contributed by atoms with E-state index in [4.69, 9.17) is 0 Å². The number of piperidine rings is 1. The lowest BCUT2D eigenvalue weighted by molar-refractivity contribution is -0.138. The van der Waals surface area contributed by atoms with Crippen molar-refractivity contribution in [2.24, 2.45) is 5.92 Å². The molecule has 2 unspecified atom stereocenters. The van der Waals surface area contributed by atoms with Gasteiger partial charge in [-0.25, -0.2) is 0 Å². The van der Waals surface area contributed by atoms with E-state index >= 15 is 0 Å². The number of hydrogen-bond acceptors (Lipinski definition) is 3. The van der Waals surface area contributed by atoms with Gasteiger partial charge in [0.1, 0.15) is 0 Å². The molecule has 100 valence electrons. The lowest BCUT2D eigenvalue weighted by atomic mass is 9.95. The zero-order chi connectivity index (χ0) is 11.5. The highest BCUT2D eigenvalue weighted by Gasteiger charge is 2.33. The van der Waals surface area contributed by atoms with Crippen LogP contribution < -0.4 is 5.32 Å². The Morgan fingerprint density at radius 3 is 2.59 bits per heavy atom. The van der Waals surface area contributed by atoms with Crippen LogP contribution in [0, 0.1) is 5.92 Å². The smallest absolute Gasteiger partial charge is 0.226 e. The zero-order valence-electron chi connectivity index (χ0n) is 10.6. The quantitative estimate of drug-likeness (QED) is 0.793. The van der Waals surface area contributed by atoms with E-state index in [1.165, 1.54) is 0 Å². The van der Waals surface area contributed by atoms with Gasteiger partial charge in [-0.2, -0.15) is 11.8 Å². The summed E-state index contributed by atoms with van der Waals surface area (Å²) in [4.78, 5) is 14.5. The van der Waals surface area contributed by atoms with Crippen LogP contribution in [-0.2, 0) is 4.79 Å². The Morgan fingerprint density at radius 2 is 1.94 bits per heavy atom. The van der Waals surface area contributed by atoms with Gasteiger partial charge in [-0.05, 0) is 32.9 Å². The number of nitrogens with zero attached hydrogens (tertiary/aromatic N) is 1. The highest BCUT2D eigenvalue weighted by atomic mass is 35.5. The molecule has 0 aliphatic carbocycles. The van der Waals surface area contributed by atoms with E-state index in [0.29, 0.717) is 17.2 Å². The average Bonchev–Trinajstić information content (AvgIpc) is 2.33. The SMILES string of the molecule is CC1SCCN(C(=O)C2CCNCC2)C1C.Cl. The Labute approximate surface area is 114 Å². The molecule has 0 bridgehead atoms. The molecule has 2 aliphatic heterocycles. The Balaban J connectivity index is 0.00000144. The first-order valence-electron chi connectivity index (χ1n) is 6.33. The van der Waals surface area contributed by atoms with Crippen LogP contribution in [0.1, 0.15) is 26.7 Å². The minimum atomic E-state index is 0. The summed E-state index contributed by atoms with van der Waals surface area (Å²) in [6, 6.07) is 0.404. The zero-order valence-corrected chi connectivity index (χ0v) is 12.3. The largest absolute Gasteiger partial charge is 0.338 e. The van der Waals surface area contributed by atoms with Crippen molar-refractivity contribution >= 4 is 30.1 Å². The number of carbonyl (C=O) groups is 1. The van der Waals surface area contributed by atoms with Crippen molar-refractivity contribution in [3.8, 4) is 0 Å². The molecule has 0 aromatic carbocycles. The van der Waals surface area contributed by atoms with Crippen molar-refractivity contribution in [3.63, 3.8) is 0 Å². The van der Waals surface area contributed by atoms with Gasteiger partial charge < -0.3 is 10.2 Å². The summed E-state index contributed by atoms with van der Waals surface area (Å²) in [5, 5.41) is 3.90. The third-order valence-corrected chi connectivity index (χ3v) is 5.19. The number of carbonyl (C=O) groups excluding carboxylic acids is 1. The van der Waals surface area contributed by atoms with E-state index in [2.05, 4.69) is 24.1 Å². The number of amides is 1. The van der Waals surface area contributed by atoms with Gasteiger partial charge in [0.2, 0.25) is 5.91 Å². The minimum absolute atomic E-state index is 0. The van der Waals surface area contributed by atoms with E-state index in [1.54, 1.807) is 0 Å². The van der Waals surface area contributed by atoms with Crippen LogP contribution in [-0.4, -0.2) is 47.5 Å². The van der Waals surface area contributed by atoms with Crippen LogP contribution in [0.25, 0.3) is 0 Å². The van der Waals surface area contributed by atoms with Crippen LogP contribution in [0.5, 0.6) is 0 Å². The van der Waals surface area contributed by atoms with Crippen LogP contribution in [0.15, 0.2) is 0 Å². The van der Waals surface area contributed by atoms with Crippen molar-refractivity contribution in [1.82, 2.24) is 10.2 Å².